The predicted molar refractivity (Wildman–Crippen MR) is 63.4 cm³/mol. The highest BCUT2D eigenvalue weighted by atomic mass is 19.4. The Morgan fingerprint density at radius 3 is 2.40 bits per heavy atom. The van der Waals surface area contributed by atoms with Gasteiger partial charge in [0.15, 0.2) is 0 Å². The fourth-order valence-electron chi connectivity index (χ4n) is 1.90. The highest BCUT2D eigenvalue weighted by Gasteiger charge is 2.34. The van der Waals surface area contributed by atoms with E-state index in [-0.39, 0.29) is 5.56 Å². The van der Waals surface area contributed by atoms with Crippen molar-refractivity contribution in [1.82, 2.24) is 9.78 Å². The van der Waals surface area contributed by atoms with Gasteiger partial charge in [0.2, 0.25) is 0 Å². The number of aliphatic hydroxyl groups is 1. The molecule has 1 aromatic heterocycles. The molecule has 0 bridgehead atoms. The summed E-state index contributed by atoms with van der Waals surface area (Å²) in [5.41, 5.74) is -0.229. The lowest BCUT2D eigenvalue weighted by Gasteiger charge is -2.13. The van der Waals surface area contributed by atoms with Crippen LogP contribution < -0.4 is 0 Å². The molecule has 0 spiro atoms. The molecule has 108 valence electrons. The Labute approximate surface area is 112 Å². The molecular formula is C13H12F4N2O. The number of aromatic nitrogens is 2. The molecule has 0 amide bonds. The summed E-state index contributed by atoms with van der Waals surface area (Å²) in [6.07, 6.45) is -4.58. The third-order valence-electron chi connectivity index (χ3n) is 3.18. The Bertz CT molecular complexity index is 634. The fourth-order valence-corrected chi connectivity index (χ4v) is 1.90. The van der Waals surface area contributed by atoms with E-state index in [0.29, 0.717) is 23.4 Å². The number of hydrogen-bond acceptors (Lipinski definition) is 2. The van der Waals surface area contributed by atoms with Crippen LogP contribution in [0.3, 0.4) is 0 Å². The van der Waals surface area contributed by atoms with E-state index >= 15 is 0 Å². The van der Waals surface area contributed by atoms with Crippen LogP contribution in [-0.4, -0.2) is 14.9 Å². The summed E-state index contributed by atoms with van der Waals surface area (Å²) in [5.74, 6) is -1.41. The molecule has 20 heavy (non-hydrogen) atoms. The van der Waals surface area contributed by atoms with Crippen LogP contribution in [-0.2, 0) is 13.2 Å². The average Bonchev–Trinajstić information content (AvgIpc) is 2.67. The van der Waals surface area contributed by atoms with E-state index in [4.69, 9.17) is 0 Å². The minimum absolute atomic E-state index is 0.0478. The highest BCUT2D eigenvalue weighted by molar-refractivity contribution is 5.34. The number of halogens is 4. The second-order valence-electron chi connectivity index (χ2n) is 4.45. The van der Waals surface area contributed by atoms with E-state index in [1.165, 1.54) is 10.9 Å². The minimum Gasteiger partial charge on any atom is -0.384 e. The summed E-state index contributed by atoms with van der Waals surface area (Å²) in [5, 5.41) is 14.0. The average molecular weight is 288 g/mol. The number of benzene rings is 1. The number of rotatable bonds is 2. The largest absolute Gasteiger partial charge is 0.419 e. The first kappa shape index (κ1) is 14.5. The van der Waals surface area contributed by atoms with Gasteiger partial charge in [-0.05, 0) is 24.6 Å². The summed E-state index contributed by atoms with van der Waals surface area (Å²) in [6, 6.07) is 2.38. The summed E-state index contributed by atoms with van der Waals surface area (Å²) in [4.78, 5) is 0. The van der Waals surface area contributed by atoms with Gasteiger partial charge in [0.25, 0.3) is 0 Å². The van der Waals surface area contributed by atoms with Crippen molar-refractivity contribution in [2.45, 2.75) is 19.2 Å². The molecule has 1 atom stereocenters. The molecule has 1 unspecified atom stereocenters. The molecule has 0 radical (unpaired) electrons. The number of aliphatic hydroxyl groups excluding tert-OH is 1. The smallest absolute Gasteiger partial charge is 0.384 e. The van der Waals surface area contributed by atoms with E-state index in [1.54, 1.807) is 14.0 Å². The number of aryl methyl sites for hydroxylation is 1. The van der Waals surface area contributed by atoms with Gasteiger partial charge >= 0.3 is 6.18 Å². The van der Waals surface area contributed by atoms with Crippen LogP contribution >= 0.6 is 0 Å². The lowest BCUT2D eigenvalue weighted by Crippen LogP contribution is -2.10. The van der Waals surface area contributed by atoms with Crippen LogP contribution in [0.1, 0.15) is 28.5 Å². The van der Waals surface area contributed by atoms with E-state index in [1.807, 2.05) is 0 Å². The third-order valence-corrected chi connectivity index (χ3v) is 3.18. The molecular weight excluding hydrogens is 276 g/mol. The summed E-state index contributed by atoms with van der Waals surface area (Å²) < 4.78 is 52.4. The standard InChI is InChI=1S/C13H12F4N2O/c1-7-9(6-18-19(7)2)12(20)8-3-4-10(11(14)5-8)13(15,16)17/h3-6,12,20H,1-2H3. The lowest BCUT2D eigenvalue weighted by molar-refractivity contribution is -0.140. The van der Waals surface area contributed by atoms with Crippen molar-refractivity contribution in [3.63, 3.8) is 0 Å². The van der Waals surface area contributed by atoms with Crippen molar-refractivity contribution in [3.05, 3.63) is 52.6 Å². The topological polar surface area (TPSA) is 38.1 Å². The van der Waals surface area contributed by atoms with Crippen molar-refractivity contribution in [3.8, 4) is 0 Å². The Morgan fingerprint density at radius 2 is 1.95 bits per heavy atom. The molecule has 1 heterocycles. The van der Waals surface area contributed by atoms with Gasteiger partial charge in [-0.1, -0.05) is 6.07 Å². The normalized spacial score (nSPS) is 13.6. The Morgan fingerprint density at radius 1 is 1.30 bits per heavy atom. The first-order valence-electron chi connectivity index (χ1n) is 5.75. The zero-order chi connectivity index (χ0) is 15.1. The van der Waals surface area contributed by atoms with Crippen LogP contribution in [0.4, 0.5) is 17.6 Å². The van der Waals surface area contributed by atoms with Crippen molar-refractivity contribution in [2.75, 3.05) is 0 Å². The first-order chi connectivity index (χ1) is 9.21. The second-order valence-corrected chi connectivity index (χ2v) is 4.45. The molecule has 2 aromatic rings. The molecule has 0 saturated heterocycles. The summed E-state index contributed by atoms with van der Waals surface area (Å²) in [7, 11) is 1.67. The van der Waals surface area contributed by atoms with Gasteiger partial charge in [-0.15, -0.1) is 0 Å². The molecule has 0 aliphatic carbocycles. The lowest BCUT2D eigenvalue weighted by atomic mass is 10.0. The maximum atomic E-state index is 13.5. The molecule has 7 heteroatoms. The van der Waals surface area contributed by atoms with Gasteiger partial charge in [0, 0.05) is 18.3 Å². The maximum Gasteiger partial charge on any atom is 0.419 e. The van der Waals surface area contributed by atoms with Crippen molar-refractivity contribution >= 4 is 0 Å². The fraction of sp³-hybridized carbons (Fsp3) is 0.308. The SMILES string of the molecule is Cc1c(C(O)c2ccc(C(F)(F)F)c(F)c2)cnn1C. The van der Waals surface area contributed by atoms with Crippen LogP contribution in [0.25, 0.3) is 0 Å². The molecule has 3 nitrogen and oxygen atoms in total. The van der Waals surface area contributed by atoms with E-state index in [0.717, 1.165) is 6.07 Å². The number of alkyl halides is 3. The molecule has 1 aromatic carbocycles. The maximum absolute atomic E-state index is 13.5. The van der Waals surface area contributed by atoms with Gasteiger partial charge in [-0.25, -0.2) is 4.39 Å². The number of nitrogens with zero attached hydrogens (tertiary/aromatic N) is 2. The van der Waals surface area contributed by atoms with Gasteiger partial charge in [0.1, 0.15) is 11.9 Å². The number of hydrogen-bond donors (Lipinski definition) is 1. The van der Waals surface area contributed by atoms with Gasteiger partial charge in [-0.2, -0.15) is 18.3 Å². The van der Waals surface area contributed by atoms with Crippen molar-refractivity contribution in [2.24, 2.45) is 7.05 Å². The second kappa shape index (κ2) is 4.90. The monoisotopic (exact) mass is 288 g/mol. The van der Waals surface area contributed by atoms with Crippen LogP contribution in [0.5, 0.6) is 0 Å². The third kappa shape index (κ3) is 2.53. The zero-order valence-electron chi connectivity index (χ0n) is 10.7. The van der Waals surface area contributed by atoms with Crippen LogP contribution in [0.2, 0.25) is 0 Å². The molecule has 0 saturated carbocycles. The minimum atomic E-state index is -4.75. The summed E-state index contributed by atoms with van der Waals surface area (Å²) in [6.45, 7) is 1.70. The summed E-state index contributed by atoms with van der Waals surface area (Å²) >= 11 is 0. The van der Waals surface area contributed by atoms with Crippen molar-refractivity contribution < 1.29 is 22.7 Å². The predicted octanol–water partition coefficient (Wildman–Crippen LogP) is 2.97. The molecule has 1 N–H and O–H groups in total. The Kier molecular flexibility index (Phi) is 3.56. The van der Waals surface area contributed by atoms with Gasteiger partial charge < -0.3 is 5.11 Å². The van der Waals surface area contributed by atoms with E-state index in [9.17, 15) is 22.7 Å². The first-order valence-corrected chi connectivity index (χ1v) is 5.75. The quantitative estimate of drug-likeness (QED) is 0.863. The Balaban J connectivity index is 2.39. The van der Waals surface area contributed by atoms with Crippen LogP contribution in [0, 0.1) is 12.7 Å². The van der Waals surface area contributed by atoms with E-state index in [2.05, 4.69) is 5.10 Å². The highest BCUT2D eigenvalue weighted by Crippen LogP contribution is 2.33. The van der Waals surface area contributed by atoms with Gasteiger partial charge in [-0.3, -0.25) is 4.68 Å². The van der Waals surface area contributed by atoms with Crippen LogP contribution in [0.15, 0.2) is 24.4 Å². The molecule has 2 rings (SSSR count). The Hall–Kier alpha value is -1.89. The van der Waals surface area contributed by atoms with Gasteiger partial charge in [0.05, 0.1) is 11.8 Å². The molecule has 0 aliphatic rings. The molecule has 0 fully saturated rings. The zero-order valence-corrected chi connectivity index (χ0v) is 10.7. The van der Waals surface area contributed by atoms with E-state index < -0.39 is 23.7 Å². The molecule has 0 aliphatic heterocycles. The van der Waals surface area contributed by atoms with Crippen molar-refractivity contribution in [1.29, 1.82) is 0 Å².